The third kappa shape index (κ3) is 3.86. The predicted molar refractivity (Wildman–Crippen MR) is 78.1 cm³/mol. The van der Waals surface area contributed by atoms with E-state index in [1.165, 1.54) is 0 Å². The van der Waals surface area contributed by atoms with Gasteiger partial charge < -0.3 is 10.6 Å². The molecule has 3 N–H and O–H groups in total. The third-order valence-corrected chi connectivity index (χ3v) is 3.81. The Bertz CT molecular complexity index is 606. The number of carbonyl (C=O) groups excluding carboxylic acids is 3. The van der Waals surface area contributed by atoms with Gasteiger partial charge in [0, 0.05) is 0 Å². The number of amides is 4. The average Bonchev–Trinajstić information content (AvgIpc) is 2.70. The van der Waals surface area contributed by atoms with Crippen molar-refractivity contribution < 1.29 is 14.4 Å². The monoisotopic (exact) mass is 329 g/mol. The Morgan fingerprint density at radius 1 is 1.33 bits per heavy atom. The lowest BCUT2D eigenvalue weighted by Crippen LogP contribution is -2.37. The van der Waals surface area contributed by atoms with Crippen LogP contribution in [-0.4, -0.2) is 23.9 Å². The molecule has 0 spiro atoms. The van der Waals surface area contributed by atoms with E-state index in [9.17, 15) is 14.4 Å². The first-order valence-electron chi connectivity index (χ1n) is 6.22. The van der Waals surface area contributed by atoms with E-state index < -0.39 is 18.0 Å². The van der Waals surface area contributed by atoms with Crippen molar-refractivity contribution in [2.45, 2.75) is 25.4 Å². The second-order valence-electron chi connectivity index (χ2n) is 4.68. The van der Waals surface area contributed by atoms with E-state index in [-0.39, 0.29) is 18.4 Å². The summed E-state index contributed by atoms with van der Waals surface area (Å²) in [5.74, 6) is -0.853. The van der Waals surface area contributed by atoms with Gasteiger partial charge in [0.1, 0.15) is 6.04 Å². The van der Waals surface area contributed by atoms with Crippen LogP contribution in [-0.2, 0) is 9.59 Å². The van der Waals surface area contributed by atoms with Crippen LogP contribution in [0.2, 0.25) is 10.0 Å². The highest BCUT2D eigenvalue weighted by Gasteiger charge is 2.31. The first-order chi connectivity index (χ1) is 9.86. The van der Waals surface area contributed by atoms with E-state index in [4.69, 9.17) is 23.2 Å². The van der Waals surface area contributed by atoms with Crippen molar-refractivity contribution in [1.29, 1.82) is 0 Å². The summed E-state index contributed by atoms with van der Waals surface area (Å²) in [5, 5.41) is 8.00. The number of carbonyl (C=O) groups is 3. The molecular weight excluding hydrogens is 317 g/mol. The van der Waals surface area contributed by atoms with E-state index in [0.29, 0.717) is 10.0 Å². The van der Waals surface area contributed by atoms with Crippen molar-refractivity contribution in [3.8, 4) is 0 Å². The van der Waals surface area contributed by atoms with E-state index in [2.05, 4.69) is 16.0 Å². The van der Waals surface area contributed by atoms with Crippen LogP contribution in [0.25, 0.3) is 0 Å². The van der Waals surface area contributed by atoms with Crippen LogP contribution < -0.4 is 16.0 Å². The van der Waals surface area contributed by atoms with Crippen LogP contribution >= 0.6 is 23.2 Å². The highest BCUT2D eigenvalue weighted by Crippen LogP contribution is 2.25. The maximum absolute atomic E-state index is 11.9. The molecule has 112 valence electrons. The molecule has 2 rings (SSSR count). The van der Waals surface area contributed by atoms with Gasteiger partial charge in [-0.3, -0.25) is 14.9 Å². The minimum absolute atomic E-state index is 0.122. The molecule has 0 aliphatic carbocycles. The van der Waals surface area contributed by atoms with Crippen molar-refractivity contribution >= 4 is 41.0 Å². The second-order valence-corrected chi connectivity index (χ2v) is 5.50. The molecule has 1 aliphatic heterocycles. The molecule has 4 amide bonds. The second kappa shape index (κ2) is 6.32. The van der Waals surface area contributed by atoms with Crippen LogP contribution in [0.4, 0.5) is 4.79 Å². The highest BCUT2D eigenvalue weighted by molar-refractivity contribution is 6.42. The molecule has 0 bridgehead atoms. The lowest BCUT2D eigenvalue weighted by molar-refractivity contribution is -0.126. The van der Waals surface area contributed by atoms with Gasteiger partial charge in [-0.25, -0.2) is 4.79 Å². The molecule has 21 heavy (non-hydrogen) atoms. The van der Waals surface area contributed by atoms with Crippen LogP contribution in [0.1, 0.15) is 24.9 Å². The molecule has 8 heteroatoms. The molecule has 6 nitrogen and oxygen atoms in total. The van der Waals surface area contributed by atoms with Crippen molar-refractivity contribution in [3.63, 3.8) is 0 Å². The number of rotatable bonds is 4. The zero-order valence-corrected chi connectivity index (χ0v) is 12.6. The molecule has 1 aromatic carbocycles. The van der Waals surface area contributed by atoms with Gasteiger partial charge in [0.2, 0.25) is 5.91 Å². The van der Waals surface area contributed by atoms with Crippen molar-refractivity contribution in [1.82, 2.24) is 16.0 Å². The molecule has 0 radical (unpaired) electrons. The molecule has 0 aromatic heterocycles. The van der Waals surface area contributed by atoms with Gasteiger partial charge in [-0.1, -0.05) is 29.3 Å². The summed E-state index contributed by atoms with van der Waals surface area (Å²) in [6.07, 6.45) is -0.122. The lowest BCUT2D eigenvalue weighted by atomic mass is 10.1. The maximum atomic E-state index is 11.9. The van der Waals surface area contributed by atoms with E-state index in [0.717, 1.165) is 5.56 Å². The molecule has 1 saturated heterocycles. The number of benzene rings is 1. The largest absolute Gasteiger partial charge is 0.350 e. The predicted octanol–water partition coefficient (Wildman–Crippen LogP) is 1.77. The summed E-state index contributed by atoms with van der Waals surface area (Å²) in [6.45, 7) is 1.78. The molecule has 2 atom stereocenters. The molecule has 0 saturated carbocycles. The number of imide groups is 1. The first-order valence-corrected chi connectivity index (χ1v) is 6.98. The fourth-order valence-corrected chi connectivity index (χ4v) is 2.26. The van der Waals surface area contributed by atoms with Crippen LogP contribution in [0.3, 0.4) is 0 Å². The first kappa shape index (κ1) is 15.6. The summed E-state index contributed by atoms with van der Waals surface area (Å²) in [6, 6.07) is 3.34. The Kier molecular flexibility index (Phi) is 4.69. The van der Waals surface area contributed by atoms with Gasteiger partial charge >= 0.3 is 6.03 Å². The van der Waals surface area contributed by atoms with Crippen molar-refractivity contribution in [2.24, 2.45) is 0 Å². The quantitative estimate of drug-likeness (QED) is 0.735. The Labute approximate surface area is 131 Å². The Morgan fingerprint density at radius 2 is 2.05 bits per heavy atom. The fraction of sp³-hybridized carbons (Fsp3) is 0.308. The summed E-state index contributed by atoms with van der Waals surface area (Å²) >= 11 is 11.8. The molecule has 0 unspecified atom stereocenters. The van der Waals surface area contributed by atoms with Gasteiger partial charge in [0.15, 0.2) is 0 Å². The molecule has 1 aromatic rings. The van der Waals surface area contributed by atoms with Gasteiger partial charge in [0.05, 0.1) is 22.5 Å². The fourth-order valence-electron chi connectivity index (χ4n) is 1.95. The zero-order chi connectivity index (χ0) is 15.6. The summed E-state index contributed by atoms with van der Waals surface area (Å²) in [4.78, 5) is 34.2. The Hall–Kier alpha value is -1.79. The van der Waals surface area contributed by atoms with Crippen LogP contribution in [0, 0.1) is 0 Å². The van der Waals surface area contributed by atoms with Gasteiger partial charge in [-0.05, 0) is 24.6 Å². The Morgan fingerprint density at radius 3 is 2.62 bits per heavy atom. The van der Waals surface area contributed by atoms with Crippen LogP contribution in [0.5, 0.6) is 0 Å². The van der Waals surface area contributed by atoms with Crippen molar-refractivity contribution in [2.75, 3.05) is 0 Å². The van der Waals surface area contributed by atoms with E-state index >= 15 is 0 Å². The topological polar surface area (TPSA) is 87.3 Å². The molecule has 1 heterocycles. The summed E-state index contributed by atoms with van der Waals surface area (Å²) < 4.78 is 0. The maximum Gasteiger partial charge on any atom is 0.322 e. The minimum Gasteiger partial charge on any atom is -0.350 e. The number of urea groups is 1. The number of halogens is 2. The highest BCUT2D eigenvalue weighted by atomic mass is 35.5. The summed E-state index contributed by atoms with van der Waals surface area (Å²) in [7, 11) is 0. The van der Waals surface area contributed by atoms with E-state index in [1.54, 1.807) is 25.1 Å². The summed E-state index contributed by atoms with van der Waals surface area (Å²) in [5.41, 5.74) is 0.789. The Balaban J connectivity index is 1.94. The normalized spacial score (nSPS) is 18.9. The number of hydrogen-bond acceptors (Lipinski definition) is 3. The van der Waals surface area contributed by atoms with Crippen LogP contribution in [0.15, 0.2) is 18.2 Å². The smallest absolute Gasteiger partial charge is 0.322 e. The standard InChI is InChI=1S/C13H13Cl2N3O3/c1-6(7-2-3-8(14)9(15)4-7)16-11(19)5-10-12(20)18-13(21)17-10/h2-4,6,10H,5H2,1H3,(H,16,19)(H2,17,18,20,21)/t6-,10-/m0/s1. The van der Waals surface area contributed by atoms with E-state index in [1.807, 2.05) is 0 Å². The number of hydrogen-bond donors (Lipinski definition) is 3. The minimum atomic E-state index is -0.835. The SMILES string of the molecule is C[C@H](NC(=O)C[C@@H]1NC(=O)NC1=O)c1ccc(Cl)c(Cl)c1. The van der Waals surface area contributed by atoms with Gasteiger partial charge in [-0.15, -0.1) is 0 Å². The van der Waals surface area contributed by atoms with Gasteiger partial charge in [0.25, 0.3) is 5.91 Å². The zero-order valence-electron chi connectivity index (χ0n) is 11.1. The molecule has 1 fully saturated rings. The molecule has 1 aliphatic rings. The lowest BCUT2D eigenvalue weighted by Gasteiger charge is -2.16. The third-order valence-electron chi connectivity index (χ3n) is 3.07. The van der Waals surface area contributed by atoms with Gasteiger partial charge in [-0.2, -0.15) is 0 Å². The average molecular weight is 330 g/mol. The number of nitrogens with one attached hydrogen (secondary N) is 3. The molecular formula is C13H13Cl2N3O3. The van der Waals surface area contributed by atoms with Crippen molar-refractivity contribution in [3.05, 3.63) is 33.8 Å².